The molecule has 1 aliphatic heterocycles. The molecular weight excluding hydrogens is 331 g/mol. The van der Waals surface area contributed by atoms with Crippen molar-refractivity contribution in [2.75, 3.05) is 32.8 Å². The van der Waals surface area contributed by atoms with Crippen molar-refractivity contribution in [3.8, 4) is 0 Å². The highest BCUT2D eigenvalue weighted by Crippen LogP contribution is 2.41. The quantitative estimate of drug-likeness (QED) is 0.871. The zero-order valence-corrected chi connectivity index (χ0v) is 14.7. The molecule has 0 amide bonds. The third-order valence-corrected chi connectivity index (χ3v) is 4.48. The fourth-order valence-electron chi connectivity index (χ4n) is 2.86. The first-order valence-corrected chi connectivity index (χ1v) is 7.72. The third-order valence-electron chi connectivity index (χ3n) is 3.92. The smallest absolute Gasteiger partial charge is 0.0500 e. The molecule has 2 rings (SSSR count). The Hall–Kier alpha value is -0.0300. The summed E-state index contributed by atoms with van der Waals surface area (Å²) in [6.45, 7) is 8.09. The van der Waals surface area contributed by atoms with Crippen LogP contribution in [0.15, 0.2) is 18.2 Å². The molecule has 1 aliphatic rings. The van der Waals surface area contributed by atoms with Gasteiger partial charge < -0.3 is 10.4 Å². The monoisotopic (exact) mass is 352 g/mol. The third kappa shape index (κ3) is 4.47. The molecule has 0 unspecified atom stereocenters. The molecule has 1 saturated heterocycles. The van der Waals surface area contributed by atoms with E-state index in [2.05, 4.69) is 24.1 Å². The van der Waals surface area contributed by atoms with Crippen molar-refractivity contribution in [3.05, 3.63) is 33.8 Å². The lowest BCUT2D eigenvalue weighted by Crippen LogP contribution is -2.49. The van der Waals surface area contributed by atoms with Crippen LogP contribution in [0.4, 0.5) is 0 Å². The Bertz CT molecular complexity index is 462. The SMILES string of the molecule is CC(C)(CO)[C@@H](c1ccc(Cl)cc1Cl)N1CCNCC1.Cl. The van der Waals surface area contributed by atoms with E-state index in [4.69, 9.17) is 23.2 Å². The summed E-state index contributed by atoms with van der Waals surface area (Å²) in [7, 11) is 0. The summed E-state index contributed by atoms with van der Waals surface area (Å²) in [5, 5.41) is 14.5. The molecule has 3 nitrogen and oxygen atoms in total. The standard InChI is InChI=1S/C15H22Cl2N2O.ClH/c1-15(2,10-20)14(19-7-5-18-6-8-19)12-4-3-11(16)9-13(12)17;/h3-4,9,14,18,20H,5-8,10H2,1-2H3;1H/t14-;/m1./s1. The number of hydrogen-bond acceptors (Lipinski definition) is 3. The first-order chi connectivity index (χ1) is 9.45. The van der Waals surface area contributed by atoms with E-state index in [1.807, 2.05) is 12.1 Å². The van der Waals surface area contributed by atoms with Crippen LogP contribution in [0.2, 0.25) is 10.0 Å². The second kappa shape index (κ2) is 8.00. The van der Waals surface area contributed by atoms with E-state index in [1.165, 1.54) is 0 Å². The minimum atomic E-state index is -0.269. The molecular formula is C15H23Cl3N2O. The van der Waals surface area contributed by atoms with Crippen molar-refractivity contribution in [1.29, 1.82) is 0 Å². The Morgan fingerprint density at radius 3 is 2.43 bits per heavy atom. The van der Waals surface area contributed by atoms with Gasteiger partial charge in [-0.05, 0) is 17.7 Å². The number of piperazine rings is 1. The summed E-state index contributed by atoms with van der Waals surface area (Å²) in [6.07, 6.45) is 0. The van der Waals surface area contributed by atoms with E-state index < -0.39 is 0 Å². The molecule has 2 N–H and O–H groups in total. The van der Waals surface area contributed by atoms with Gasteiger partial charge in [-0.25, -0.2) is 0 Å². The van der Waals surface area contributed by atoms with Crippen molar-refractivity contribution in [2.45, 2.75) is 19.9 Å². The van der Waals surface area contributed by atoms with Gasteiger partial charge in [0.1, 0.15) is 0 Å². The molecule has 0 bridgehead atoms. The number of halogens is 3. The van der Waals surface area contributed by atoms with Gasteiger partial charge in [0.15, 0.2) is 0 Å². The topological polar surface area (TPSA) is 35.5 Å². The van der Waals surface area contributed by atoms with Crippen molar-refractivity contribution < 1.29 is 5.11 Å². The molecule has 6 heteroatoms. The molecule has 1 heterocycles. The van der Waals surface area contributed by atoms with Crippen LogP contribution in [0.3, 0.4) is 0 Å². The van der Waals surface area contributed by atoms with Crippen LogP contribution < -0.4 is 5.32 Å². The minimum Gasteiger partial charge on any atom is -0.396 e. The van der Waals surface area contributed by atoms with Crippen molar-refractivity contribution in [1.82, 2.24) is 10.2 Å². The van der Waals surface area contributed by atoms with Gasteiger partial charge in [0.05, 0.1) is 0 Å². The second-order valence-electron chi connectivity index (χ2n) is 6.00. The average Bonchev–Trinajstić information content (AvgIpc) is 2.43. The predicted molar refractivity (Wildman–Crippen MR) is 91.8 cm³/mol. The van der Waals surface area contributed by atoms with Gasteiger partial charge in [-0.3, -0.25) is 4.90 Å². The van der Waals surface area contributed by atoms with E-state index in [-0.39, 0.29) is 30.5 Å². The van der Waals surface area contributed by atoms with Crippen molar-refractivity contribution >= 4 is 35.6 Å². The van der Waals surface area contributed by atoms with Gasteiger partial charge in [0.25, 0.3) is 0 Å². The van der Waals surface area contributed by atoms with E-state index in [0.29, 0.717) is 10.0 Å². The molecule has 0 saturated carbocycles. The zero-order valence-electron chi connectivity index (χ0n) is 12.4. The fourth-order valence-corrected chi connectivity index (χ4v) is 3.37. The van der Waals surface area contributed by atoms with Crippen LogP contribution in [-0.2, 0) is 0 Å². The summed E-state index contributed by atoms with van der Waals surface area (Å²) in [4.78, 5) is 2.39. The highest BCUT2D eigenvalue weighted by Gasteiger charge is 2.36. The lowest BCUT2D eigenvalue weighted by atomic mass is 9.79. The second-order valence-corrected chi connectivity index (χ2v) is 6.84. The number of benzene rings is 1. The Balaban J connectivity index is 0.00000220. The summed E-state index contributed by atoms with van der Waals surface area (Å²) >= 11 is 12.4. The average molecular weight is 354 g/mol. The van der Waals surface area contributed by atoms with Crippen LogP contribution in [-0.4, -0.2) is 42.8 Å². The Labute approximate surface area is 143 Å². The predicted octanol–water partition coefficient (Wildman–Crippen LogP) is 3.38. The summed E-state index contributed by atoms with van der Waals surface area (Å²) in [6, 6.07) is 5.71. The molecule has 0 spiro atoms. The van der Waals surface area contributed by atoms with E-state index in [9.17, 15) is 5.11 Å². The van der Waals surface area contributed by atoms with Gasteiger partial charge in [-0.2, -0.15) is 0 Å². The van der Waals surface area contributed by atoms with Gasteiger partial charge in [0.2, 0.25) is 0 Å². The number of aliphatic hydroxyl groups is 1. The molecule has 1 atom stereocenters. The molecule has 1 aromatic carbocycles. The van der Waals surface area contributed by atoms with Crippen LogP contribution in [0, 0.1) is 5.41 Å². The lowest BCUT2D eigenvalue weighted by Gasteiger charge is -2.43. The maximum atomic E-state index is 9.79. The number of nitrogens with zero attached hydrogens (tertiary/aromatic N) is 1. The summed E-state index contributed by atoms with van der Waals surface area (Å²) < 4.78 is 0. The molecule has 120 valence electrons. The van der Waals surface area contributed by atoms with Gasteiger partial charge in [-0.1, -0.05) is 43.1 Å². The van der Waals surface area contributed by atoms with Gasteiger partial charge >= 0.3 is 0 Å². The van der Waals surface area contributed by atoms with Crippen LogP contribution in [0.25, 0.3) is 0 Å². The summed E-state index contributed by atoms with van der Waals surface area (Å²) in [5.41, 5.74) is 0.770. The minimum absolute atomic E-state index is 0. The van der Waals surface area contributed by atoms with Gasteiger partial charge in [-0.15, -0.1) is 12.4 Å². The molecule has 0 radical (unpaired) electrons. The van der Waals surface area contributed by atoms with Gasteiger partial charge in [0, 0.05) is 54.3 Å². The first-order valence-electron chi connectivity index (χ1n) is 6.96. The zero-order chi connectivity index (χ0) is 14.8. The maximum absolute atomic E-state index is 9.79. The highest BCUT2D eigenvalue weighted by atomic mass is 35.5. The highest BCUT2D eigenvalue weighted by molar-refractivity contribution is 6.35. The van der Waals surface area contributed by atoms with Crippen molar-refractivity contribution in [3.63, 3.8) is 0 Å². The number of nitrogens with one attached hydrogen (secondary N) is 1. The summed E-state index contributed by atoms with van der Waals surface area (Å²) in [5.74, 6) is 0. The Kier molecular flexibility index (Phi) is 7.25. The normalized spacial score (nSPS) is 18.1. The molecule has 21 heavy (non-hydrogen) atoms. The largest absolute Gasteiger partial charge is 0.396 e. The Morgan fingerprint density at radius 2 is 1.90 bits per heavy atom. The molecule has 1 aromatic rings. The molecule has 1 fully saturated rings. The molecule has 0 aromatic heterocycles. The number of rotatable bonds is 4. The van der Waals surface area contributed by atoms with E-state index in [0.717, 1.165) is 31.7 Å². The van der Waals surface area contributed by atoms with E-state index in [1.54, 1.807) is 6.07 Å². The Morgan fingerprint density at radius 1 is 1.29 bits per heavy atom. The van der Waals surface area contributed by atoms with Crippen LogP contribution in [0.5, 0.6) is 0 Å². The lowest BCUT2D eigenvalue weighted by molar-refractivity contribution is 0.0306. The van der Waals surface area contributed by atoms with E-state index >= 15 is 0 Å². The fraction of sp³-hybridized carbons (Fsp3) is 0.600. The number of aliphatic hydroxyl groups excluding tert-OH is 1. The van der Waals surface area contributed by atoms with Crippen LogP contribution >= 0.6 is 35.6 Å². The maximum Gasteiger partial charge on any atom is 0.0500 e. The van der Waals surface area contributed by atoms with Crippen molar-refractivity contribution in [2.24, 2.45) is 5.41 Å². The molecule has 0 aliphatic carbocycles. The van der Waals surface area contributed by atoms with Crippen LogP contribution in [0.1, 0.15) is 25.5 Å². The number of hydrogen-bond donors (Lipinski definition) is 2. The first kappa shape index (κ1) is 19.0.